The number of hydrogen-bond acceptors (Lipinski definition) is 17. The second-order valence-corrected chi connectivity index (χ2v) is 21.8. The number of carboxylic acids is 1. The molecule has 35 nitrogen and oxygen atoms in total. The zero-order valence-electron chi connectivity index (χ0n) is 50.3. The van der Waals surface area contributed by atoms with E-state index in [-0.39, 0.29) is 146 Å². The van der Waals surface area contributed by atoms with Crippen molar-refractivity contribution in [3.63, 3.8) is 0 Å². The molecule has 0 aromatic heterocycles. The zero-order valence-corrected chi connectivity index (χ0v) is 50.3. The fraction of sp³-hybridized carbons (Fsp3) is 0.731. The molecule has 0 spiro atoms. The molecular formula is C52H97N23O12. The van der Waals surface area contributed by atoms with E-state index in [1.807, 2.05) is 0 Å². The van der Waals surface area contributed by atoms with E-state index in [4.69, 9.17) is 57.3 Å². The number of likely N-dealkylation sites (tertiary alicyclic amines) is 2. The number of aliphatic imine (C=N–C) groups is 4. The number of guanidine groups is 4. The summed E-state index contributed by atoms with van der Waals surface area (Å²) in [5, 5.41) is 37.7. The van der Waals surface area contributed by atoms with Gasteiger partial charge in [0.05, 0.1) is 18.7 Å². The van der Waals surface area contributed by atoms with Crippen molar-refractivity contribution in [2.75, 3.05) is 52.4 Å². The van der Waals surface area contributed by atoms with Crippen molar-refractivity contribution in [2.24, 2.45) is 83.2 Å². The summed E-state index contributed by atoms with van der Waals surface area (Å²) in [7, 11) is 0. The lowest BCUT2D eigenvalue weighted by molar-refractivity contribution is -0.145. The summed E-state index contributed by atoms with van der Waals surface area (Å²) >= 11 is 0. The van der Waals surface area contributed by atoms with Crippen LogP contribution in [0.1, 0.15) is 124 Å². The van der Waals surface area contributed by atoms with Crippen LogP contribution in [0.3, 0.4) is 0 Å². The smallest absolute Gasteiger partial charge is 0.328 e. The number of hydrogen-bond donors (Lipinski definition) is 19. The number of unbranched alkanes of at least 4 members (excludes halogenated alkanes) is 1. The van der Waals surface area contributed by atoms with Crippen molar-refractivity contribution in [3.8, 4) is 0 Å². The monoisotopic (exact) mass is 1240 g/mol. The molecule has 0 radical (unpaired) electrons. The fourth-order valence-corrected chi connectivity index (χ4v) is 9.69. The average molecular weight is 1240 g/mol. The summed E-state index contributed by atoms with van der Waals surface area (Å²) in [6.45, 7) is 4.96. The number of nitrogens with one attached hydrogen (secondary N) is 7. The second kappa shape index (κ2) is 39.4. The molecular weight excluding hydrogens is 1140 g/mol. The van der Waals surface area contributed by atoms with Crippen LogP contribution in [0.4, 0.5) is 0 Å². The topological polar surface area (TPSA) is 611 Å². The SMILES string of the molecule is CC(C)C[C@H](NC(=O)[C@H](CCCCN)NC(=O)[C@H](CCCN=C(N)N)NC(=O)[C@@H]1CCCN1C(=O)[C@H](CCCN=C(N)N)NC(=O)CNC(=O)[C@H](CCCN=C(N)N)NC(=O)[C@@H]1CCCN1C(=O)[C@@H](N)CCCN=C(N)N)C(=O)N[C@H](C(=O)O)[C@@H](C)O. The highest BCUT2D eigenvalue weighted by molar-refractivity contribution is 5.98. The molecule has 0 aliphatic carbocycles. The molecule has 0 aromatic rings. The van der Waals surface area contributed by atoms with Gasteiger partial charge >= 0.3 is 5.97 Å². The third kappa shape index (κ3) is 28.2. The Bertz CT molecular complexity index is 2410. The number of rotatable bonds is 40. The molecule has 0 unspecified atom stereocenters. The largest absolute Gasteiger partial charge is 0.480 e. The molecule has 35 heteroatoms. The molecule has 2 aliphatic rings. The first-order valence-electron chi connectivity index (χ1n) is 29.4. The number of amides is 9. The number of aliphatic carboxylic acids is 1. The molecule has 492 valence electrons. The summed E-state index contributed by atoms with van der Waals surface area (Å²) in [6, 6.07) is -11.3. The van der Waals surface area contributed by atoms with E-state index >= 15 is 0 Å². The minimum Gasteiger partial charge on any atom is -0.480 e. The standard InChI is InChI=1S/C52H97N23O12/c1-28(2)26-35(43(81)73-39(29(3)76)48(86)87)72-42(80)32(13-4-5-19-53)69-41(79)33(15-8-22-65-51(59)60)71-45(83)37-18-11-25-75(37)47(85)34(16-9-23-66-52(61)62)68-38(77)27-67-40(78)31(14-7-21-64-50(57)58)70-44(82)36-17-10-24-74(36)46(84)30(54)12-6-20-63-49(55)56/h28-37,39,76H,4-27,53-54H2,1-3H3,(H,67,78)(H,68,77)(H,69,79)(H,70,82)(H,71,83)(H,72,80)(H,73,81)(H,86,87)(H4,55,56,63)(H4,57,58,64)(H4,59,60,65)(H4,61,62,66)/t29-,30+,31+,32+,33+,34+,35+,36+,37+,39+/m1/s1. The van der Waals surface area contributed by atoms with Crippen LogP contribution in [0.25, 0.3) is 0 Å². The maximum Gasteiger partial charge on any atom is 0.328 e. The van der Waals surface area contributed by atoms with Gasteiger partial charge in [-0.3, -0.25) is 63.1 Å². The van der Waals surface area contributed by atoms with Gasteiger partial charge in [-0.25, -0.2) is 4.79 Å². The van der Waals surface area contributed by atoms with Crippen LogP contribution in [0.2, 0.25) is 0 Å². The summed E-state index contributed by atoms with van der Waals surface area (Å²) in [6.07, 6.45) is 1.60. The van der Waals surface area contributed by atoms with Crippen molar-refractivity contribution in [3.05, 3.63) is 0 Å². The van der Waals surface area contributed by atoms with Gasteiger partial charge in [-0.05, 0) is 122 Å². The third-order valence-electron chi connectivity index (χ3n) is 14.1. The number of carboxylic acid groups (broad SMARTS) is 1. The van der Waals surface area contributed by atoms with Crippen molar-refractivity contribution < 1.29 is 58.2 Å². The first-order valence-corrected chi connectivity index (χ1v) is 29.4. The first-order chi connectivity index (χ1) is 41.1. The number of carbonyl (C=O) groups is 10. The molecule has 87 heavy (non-hydrogen) atoms. The predicted octanol–water partition coefficient (Wildman–Crippen LogP) is -7.82. The number of aliphatic hydroxyl groups is 1. The Balaban J connectivity index is 2.39. The zero-order chi connectivity index (χ0) is 65.3. The minimum absolute atomic E-state index is 0.00216. The van der Waals surface area contributed by atoms with Crippen LogP contribution in [0.5, 0.6) is 0 Å². The van der Waals surface area contributed by atoms with Crippen LogP contribution in [0.15, 0.2) is 20.0 Å². The molecule has 2 heterocycles. The van der Waals surface area contributed by atoms with Crippen molar-refractivity contribution in [1.29, 1.82) is 0 Å². The second-order valence-electron chi connectivity index (χ2n) is 21.8. The number of nitrogens with two attached hydrogens (primary N) is 10. The highest BCUT2D eigenvalue weighted by atomic mass is 16.4. The Labute approximate surface area is 506 Å². The van der Waals surface area contributed by atoms with Gasteiger partial charge in [-0.2, -0.15) is 0 Å². The van der Waals surface area contributed by atoms with E-state index in [1.54, 1.807) is 13.8 Å². The molecule has 2 rings (SSSR count). The van der Waals surface area contributed by atoms with Gasteiger partial charge in [0.1, 0.15) is 42.3 Å². The average Bonchev–Trinajstić information content (AvgIpc) is 2.16. The lowest BCUT2D eigenvalue weighted by Gasteiger charge is -2.30. The van der Waals surface area contributed by atoms with Crippen LogP contribution in [-0.2, 0) is 47.9 Å². The van der Waals surface area contributed by atoms with Gasteiger partial charge in [0.15, 0.2) is 29.9 Å². The van der Waals surface area contributed by atoms with Crippen LogP contribution >= 0.6 is 0 Å². The van der Waals surface area contributed by atoms with Gasteiger partial charge in [-0.15, -0.1) is 0 Å². The van der Waals surface area contributed by atoms with E-state index < -0.39 is 126 Å². The van der Waals surface area contributed by atoms with Crippen LogP contribution < -0.4 is 94.6 Å². The van der Waals surface area contributed by atoms with Crippen LogP contribution in [-0.4, -0.2) is 216 Å². The van der Waals surface area contributed by atoms with Gasteiger partial charge in [-0.1, -0.05) is 13.8 Å². The molecule has 0 bridgehead atoms. The molecule has 2 aliphatic heterocycles. The Morgan fingerprint density at radius 3 is 1.34 bits per heavy atom. The normalized spacial score (nSPS) is 17.3. The summed E-state index contributed by atoms with van der Waals surface area (Å²) in [4.78, 5) is 156. The Kier molecular flexibility index (Phi) is 33.8. The van der Waals surface area contributed by atoms with E-state index in [0.29, 0.717) is 32.1 Å². The number of carbonyl (C=O) groups excluding carboxylic acids is 9. The van der Waals surface area contributed by atoms with Crippen molar-refractivity contribution in [1.82, 2.24) is 47.0 Å². The summed E-state index contributed by atoms with van der Waals surface area (Å²) in [5.41, 5.74) is 55.9. The van der Waals surface area contributed by atoms with E-state index in [9.17, 15) is 58.2 Å². The highest BCUT2D eigenvalue weighted by Gasteiger charge is 2.41. The van der Waals surface area contributed by atoms with Gasteiger partial charge in [0, 0.05) is 39.3 Å². The minimum atomic E-state index is -1.69. The predicted molar refractivity (Wildman–Crippen MR) is 323 cm³/mol. The maximum absolute atomic E-state index is 14.6. The molecule has 9 amide bonds. The molecule has 0 saturated carbocycles. The maximum atomic E-state index is 14.6. The fourth-order valence-electron chi connectivity index (χ4n) is 9.69. The highest BCUT2D eigenvalue weighted by Crippen LogP contribution is 2.22. The number of nitrogens with zero attached hydrogens (tertiary/aromatic N) is 6. The van der Waals surface area contributed by atoms with Crippen molar-refractivity contribution in [2.45, 2.75) is 184 Å². The molecule has 2 fully saturated rings. The van der Waals surface area contributed by atoms with Crippen molar-refractivity contribution >= 4 is 83.0 Å². The third-order valence-corrected chi connectivity index (χ3v) is 14.1. The van der Waals surface area contributed by atoms with Gasteiger partial charge < -0.3 is 115 Å². The van der Waals surface area contributed by atoms with Gasteiger partial charge in [0.25, 0.3) is 0 Å². The van der Waals surface area contributed by atoms with Gasteiger partial charge in [0.2, 0.25) is 53.2 Å². The van der Waals surface area contributed by atoms with E-state index in [2.05, 4.69) is 57.2 Å². The summed E-state index contributed by atoms with van der Waals surface area (Å²) < 4.78 is 0. The molecule has 0 aromatic carbocycles. The first kappa shape index (κ1) is 74.8. The molecule has 2 saturated heterocycles. The van der Waals surface area contributed by atoms with E-state index in [0.717, 1.165) is 0 Å². The lowest BCUT2D eigenvalue weighted by Crippen LogP contribution is -2.60. The summed E-state index contributed by atoms with van der Waals surface area (Å²) in [5.74, 6) is -9.17. The molecule has 10 atom stereocenters. The number of aliphatic hydroxyl groups excluding tert-OH is 1. The quantitative estimate of drug-likeness (QED) is 0.0154. The van der Waals surface area contributed by atoms with Crippen LogP contribution in [0, 0.1) is 5.92 Å². The Morgan fingerprint density at radius 1 is 0.506 bits per heavy atom. The Morgan fingerprint density at radius 2 is 0.908 bits per heavy atom. The molecule has 29 N–H and O–H groups in total. The lowest BCUT2D eigenvalue weighted by atomic mass is 10.0. The van der Waals surface area contributed by atoms with E-state index in [1.165, 1.54) is 16.7 Å². The Hall–Kier alpha value is -8.34.